The van der Waals surface area contributed by atoms with Crippen molar-refractivity contribution in [1.29, 1.82) is 0 Å². The van der Waals surface area contributed by atoms with E-state index in [2.05, 4.69) is 12.2 Å². The van der Waals surface area contributed by atoms with Crippen molar-refractivity contribution in [1.82, 2.24) is 4.90 Å². The molecule has 0 aromatic heterocycles. The Labute approximate surface area is 153 Å². The molecule has 2 rings (SSSR count). The van der Waals surface area contributed by atoms with Crippen molar-refractivity contribution in [3.63, 3.8) is 0 Å². The molecule has 7 heteroatoms. The van der Waals surface area contributed by atoms with Gasteiger partial charge in [-0.25, -0.2) is 0 Å². The molecule has 2 amide bonds. The Balaban J connectivity index is 2.18. The molecule has 1 saturated carbocycles. The average molecular weight is 369 g/mol. The highest BCUT2D eigenvalue weighted by atomic mass is 35.5. The van der Waals surface area contributed by atoms with Crippen molar-refractivity contribution in [2.45, 2.75) is 32.6 Å². The first-order valence-electron chi connectivity index (χ1n) is 8.38. The number of hydrogen-bond donors (Lipinski definition) is 1. The van der Waals surface area contributed by atoms with Gasteiger partial charge in [0.1, 0.15) is 16.9 Å². The van der Waals surface area contributed by atoms with E-state index >= 15 is 0 Å². The summed E-state index contributed by atoms with van der Waals surface area (Å²) in [5.41, 5.74) is -0.538. The van der Waals surface area contributed by atoms with Gasteiger partial charge in [-0.2, -0.15) is 0 Å². The molecule has 0 spiro atoms. The molecule has 138 valence electrons. The van der Waals surface area contributed by atoms with Crippen molar-refractivity contribution in [3.8, 4) is 11.5 Å². The maximum Gasteiger partial charge on any atom is 0.240 e. The summed E-state index contributed by atoms with van der Waals surface area (Å²) in [6.45, 7) is 2.72. The minimum Gasteiger partial charge on any atom is -0.495 e. The van der Waals surface area contributed by atoms with E-state index in [1.807, 2.05) is 0 Å². The minimum absolute atomic E-state index is 0.127. The molecule has 0 unspecified atom stereocenters. The second-order valence-corrected chi connectivity index (χ2v) is 6.71. The number of benzene rings is 1. The van der Waals surface area contributed by atoms with E-state index in [1.54, 1.807) is 24.1 Å². The number of rotatable bonds is 8. The lowest BCUT2D eigenvalue weighted by Crippen LogP contribution is -2.41. The Morgan fingerprint density at radius 3 is 2.40 bits per heavy atom. The van der Waals surface area contributed by atoms with E-state index in [9.17, 15) is 9.59 Å². The molecule has 1 fully saturated rings. The molecule has 1 N–H and O–H groups in total. The van der Waals surface area contributed by atoms with Crippen LogP contribution in [0, 0.1) is 5.41 Å². The van der Waals surface area contributed by atoms with Crippen molar-refractivity contribution >= 4 is 29.1 Å². The van der Waals surface area contributed by atoms with Gasteiger partial charge in [-0.1, -0.05) is 24.9 Å². The largest absolute Gasteiger partial charge is 0.495 e. The number of nitrogens with one attached hydrogen (secondary N) is 1. The Bertz CT molecular complexity index is 659. The summed E-state index contributed by atoms with van der Waals surface area (Å²) in [6.07, 6.45) is 3.03. The van der Waals surface area contributed by atoms with Gasteiger partial charge >= 0.3 is 0 Å². The monoisotopic (exact) mass is 368 g/mol. The summed E-state index contributed by atoms with van der Waals surface area (Å²) in [5.74, 6) is 0.401. The van der Waals surface area contributed by atoms with Crippen LogP contribution in [0.5, 0.6) is 11.5 Å². The van der Waals surface area contributed by atoms with Gasteiger partial charge in [0.25, 0.3) is 0 Å². The third-order valence-electron chi connectivity index (χ3n) is 4.51. The van der Waals surface area contributed by atoms with E-state index in [0.717, 1.165) is 12.8 Å². The normalized spacial score (nSPS) is 14.6. The second-order valence-electron chi connectivity index (χ2n) is 6.30. The maximum atomic E-state index is 12.8. The second kappa shape index (κ2) is 7.95. The van der Waals surface area contributed by atoms with Gasteiger partial charge in [0.2, 0.25) is 11.8 Å². The Morgan fingerprint density at radius 2 is 1.88 bits per heavy atom. The van der Waals surface area contributed by atoms with Crippen LogP contribution in [-0.4, -0.2) is 44.5 Å². The number of halogens is 1. The summed E-state index contributed by atoms with van der Waals surface area (Å²) in [7, 11) is 4.73. The van der Waals surface area contributed by atoms with Crippen LogP contribution in [0.4, 0.5) is 5.69 Å². The highest BCUT2D eigenvalue weighted by molar-refractivity contribution is 6.32. The first-order chi connectivity index (χ1) is 11.9. The predicted octanol–water partition coefficient (Wildman–Crippen LogP) is 3.33. The summed E-state index contributed by atoms with van der Waals surface area (Å²) >= 11 is 6.08. The highest BCUT2D eigenvalue weighted by Crippen LogP contribution is 2.48. The first kappa shape index (κ1) is 19.4. The van der Waals surface area contributed by atoms with E-state index in [0.29, 0.717) is 41.6 Å². The third-order valence-corrected chi connectivity index (χ3v) is 4.81. The van der Waals surface area contributed by atoms with Gasteiger partial charge in [0, 0.05) is 25.7 Å². The van der Waals surface area contributed by atoms with Crippen molar-refractivity contribution < 1.29 is 19.1 Å². The molecule has 1 aliphatic carbocycles. The van der Waals surface area contributed by atoms with Gasteiger partial charge in [-0.15, -0.1) is 0 Å². The lowest BCUT2D eigenvalue weighted by molar-refractivity contribution is -0.141. The summed E-state index contributed by atoms with van der Waals surface area (Å²) in [4.78, 5) is 27.1. The average Bonchev–Trinajstić information content (AvgIpc) is 3.41. The fraction of sp³-hybridized carbons (Fsp3) is 0.556. The van der Waals surface area contributed by atoms with E-state index in [4.69, 9.17) is 21.1 Å². The maximum absolute atomic E-state index is 12.8. The fourth-order valence-corrected chi connectivity index (χ4v) is 2.96. The van der Waals surface area contributed by atoms with Crippen LogP contribution in [0.1, 0.15) is 32.6 Å². The van der Waals surface area contributed by atoms with Crippen molar-refractivity contribution in [2.75, 3.05) is 33.1 Å². The molecular formula is C18H25ClN2O4. The SMILES string of the molecule is CCCCN(C)C(=O)C1(C(=O)Nc2cc(OC)c(Cl)cc2OC)CC1. The van der Waals surface area contributed by atoms with Crippen LogP contribution in [0.3, 0.4) is 0 Å². The Morgan fingerprint density at radius 1 is 1.24 bits per heavy atom. The summed E-state index contributed by atoms with van der Waals surface area (Å²) in [5, 5.41) is 3.19. The number of unbranched alkanes of at least 4 members (excludes halogenated alkanes) is 1. The first-order valence-corrected chi connectivity index (χ1v) is 8.76. The standard InChI is InChI=1S/C18H25ClN2O4/c1-5-6-9-21(2)17(23)18(7-8-18)16(22)20-13-11-14(24-3)12(19)10-15(13)25-4/h10-11H,5-9H2,1-4H3,(H,20,22). The zero-order chi connectivity index (χ0) is 18.6. The van der Waals surface area contributed by atoms with Crippen LogP contribution in [0.2, 0.25) is 5.02 Å². The van der Waals surface area contributed by atoms with Crippen LogP contribution in [0.15, 0.2) is 12.1 Å². The topological polar surface area (TPSA) is 67.9 Å². The molecule has 0 saturated heterocycles. The molecule has 0 atom stereocenters. The number of anilines is 1. The molecule has 0 bridgehead atoms. The van der Waals surface area contributed by atoms with E-state index in [-0.39, 0.29) is 11.8 Å². The number of amides is 2. The van der Waals surface area contributed by atoms with Gasteiger partial charge in [0.05, 0.1) is 24.9 Å². The Hall–Kier alpha value is -1.95. The predicted molar refractivity (Wildman–Crippen MR) is 97.4 cm³/mol. The number of nitrogens with zero attached hydrogens (tertiary/aromatic N) is 1. The molecule has 1 aromatic carbocycles. The zero-order valence-corrected chi connectivity index (χ0v) is 15.9. The smallest absolute Gasteiger partial charge is 0.240 e. The lowest BCUT2D eigenvalue weighted by atomic mass is 10.0. The quantitative estimate of drug-likeness (QED) is 0.714. The zero-order valence-electron chi connectivity index (χ0n) is 15.1. The van der Waals surface area contributed by atoms with Crippen molar-refractivity contribution in [3.05, 3.63) is 17.2 Å². The van der Waals surface area contributed by atoms with Crippen LogP contribution >= 0.6 is 11.6 Å². The van der Waals surface area contributed by atoms with E-state index < -0.39 is 5.41 Å². The van der Waals surface area contributed by atoms with Gasteiger partial charge < -0.3 is 19.7 Å². The minimum atomic E-state index is -0.972. The van der Waals surface area contributed by atoms with Gasteiger partial charge in [-0.3, -0.25) is 9.59 Å². The number of carbonyl (C=O) groups is 2. The summed E-state index contributed by atoms with van der Waals surface area (Å²) < 4.78 is 10.5. The lowest BCUT2D eigenvalue weighted by Gasteiger charge is -2.23. The third kappa shape index (κ3) is 4.00. The fourth-order valence-electron chi connectivity index (χ4n) is 2.73. The summed E-state index contributed by atoms with van der Waals surface area (Å²) in [6, 6.07) is 3.17. The molecule has 1 aromatic rings. The van der Waals surface area contributed by atoms with Crippen LogP contribution in [-0.2, 0) is 9.59 Å². The number of carbonyl (C=O) groups excluding carboxylic acids is 2. The van der Waals surface area contributed by atoms with Crippen LogP contribution < -0.4 is 14.8 Å². The molecule has 0 aliphatic heterocycles. The molecule has 0 radical (unpaired) electrons. The van der Waals surface area contributed by atoms with Gasteiger partial charge in [-0.05, 0) is 19.3 Å². The highest BCUT2D eigenvalue weighted by Gasteiger charge is 2.57. The molecule has 1 aliphatic rings. The molecule has 6 nitrogen and oxygen atoms in total. The van der Waals surface area contributed by atoms with Crippen molar-refractivity contribution in [2.24, 2.45) is 5.41 Å². The van der Waals surface area contributed by atoms with Crippen LogP contribution in [0.25, 0.3) is 0 Å². The van der Waals surface area contributed by atoms with E-state index in [1.165, 1.54) is 14.2 Å². The molecule has 0 heterocycles. The molecular weight excluding hydrogens is 344 g/mol. The Kier molecular flexibility index (Phi) is 6.16. The van der Waals surface area contributed by atoms with Gasteiger partial charge in [0.15, 0.2) is 0 Å². The number of ether oxygens (including phenoxy) is 2. The number of hydrogen-bond acceptors (Lipinski definition) is 4. The number of methoxy groups -OCH3 is 2. The molecule has 25 heavy (non-hydrogen) atoms.